The first-order valence-electron chi connectivity index (χ1n) is 9.37. The van der Waals surface area contributed by atoms with Crippen LogP contribution in [0, 0.1) is 11.6 Å². The maximum atomic E-state index is 13.8. The zero-order valence-electron chi connectivity index (χ0n) is 15.9. The van der Waals surface area contributed by atoms with Gasteiger partial charge in [-0.15, -0.1) is 0 Å². The van der Waals surface area contributed by atoms with Gasteiger partial charge in [0.05, 0.1) is 12.3 Å². The molecular weight excluding hydrogens is 378 g/mol. The standard InChI is InChI=1S/C21H20F2N4O2/c1-29-12-11-26(14-7-9-24-10-8-14)21(28)20-16-3-2-4-19(16)27(25-20)15-5-6-17(22)18(23)13-15/h5-10,13H,2-4,11-12H2,1H3. The molecule has 2 aromatic heterocycles. The Morgan fingerprint density at radius 3 is 2.69 bits per heavy atom. The van der Waals surface area contributed by atoms with E-state index in [2.05, 4.69) is 10.1 Å². The summed E-state index contributed by atoms with van der Waals surface area (Å²) in [6.45, 7) is 0.715. The van der Waals surface area contributed by atoms with Crippen LogP contribution in [0.15, 0.2) is 42.7 Å². The molecule has 0 saturated heterocycles. The van der Waals surface area contributed by atoms with Crippen LogP contribution in [0.5, 0.6) is 0 Å². The lowest BCUT2D eigenvalue weighted by atomic mass is 10.1. The van der Waals surface area contributed by atoms with Crippen LogP contribution >= 0.6 is 0 Å². The summed E-state index contributed by atoms with van der Waals surface area (Å²) < 4.78 is 33.8. The predicted molar refractivity (Wildman–Crippen MR) is 103 cm³/mol. The normalized spacial score (nSPS) is 12.8. The van der Waals surface area contributed by atoms with E-state index in [0.717, 1.165) is 36.2 Å². The number of carbonyl (C=O) groups excluding carboxylic acids is 1. The van der Waals surface area contributed by atoms with E-state index in [4.69, 9.17) is 4.74 Å². The number of methoxy groups -OCH3 is 1. The Labute approximate surface area is 166 Å². The minimum Gasteiger partial charge on any atom is -0.383 e. The zero-order chi connectivity index (χ0) is 20.4. The Morgan fingerprint density at radius 2 is 1.97 bits per heavy atom. The smallest absolute Gasteiger partial charge is 0.279 e. The van der Waals surface area contributed by atoms with Crippen LogP contribution in [0.3, 0.4) is 0 Å². The highest BCUT2D eigenvalue weighted by Crippen LogP contribution is 2.30. The van der Waals surface area contributed by atoms with Crippen molar-refractivity contribution in [1.82, 2.24) is 14.8 Å². The second kappa shape index (κ2) is 8.08. The number of anilines is 1. The summed E-state index contributed by atoms with van der Waals surface area (Å²) in [5.41, 5.74) is 3.14. The van der Waals surface area contributed by atoms with Crippen LogP contribution in [-0.4, -0.2) is 40.9 Å². The quantitative estimate of drug-likeness (QED) is 0.639. The SMILES string of the molecule is COCCN(C(=O)c1nn(-c2ccc(F)c(F)c2)c2c1CCC2)c1ccncc1. The molecule has 6 nitrogen and oxygen atoms in total. The minimum absolute atomic E-state index is 0.257. The van der Waals surface area contributed by atoms with Gasteiger partial charge in [0.15, 0.2) is 17.3 Å². The lowest BCUT2D eigenvalue weighted by molar-refractivity contribution is 0.0970. The Morgan fingerprint density at radius 1 is 1.17 bits per heavy atom. The lowest BCUT2D eigenvalue weighted by Crippen LogP contribution is -2.34. The van der Waals surface area contributed by atoms with Crippen molar-refractivity contribution in [2.24, 2.45) is 0 Å². The number of nitrogens with zero attached hydrogens (tertiary/aromatic N) is 4. The molecule has 0 saturated carbocycles. The number of amides is 1. The number of halogens is 2. The summed E-state index contributed by atoms with van der Waals surface area (Å²) in [5.74, 6) is -2.12. The molecule has 0 fully saturated rings. The molecule has 1 aliphatic carbocycles. The molecule has 0 radical (unpaired) electrons. The van der Waals surface area contributed by atoms with Crippen molar-refractivity contribution in [3.63, 3.8) is 0 Å². The van der Waals surface area contributed by atoms with Crippen LogP contribution in [0.2, 0.25) is 0 Å². The fraction of sp³-hybridized carbons (Fsp3) is 0.286. The van der Waals surface area contributed by atoms with Gasteiger partial charge in [-0.2, -0.15) is 5.10 Å². The van der Waals surface area contributed by atoms with Gasteiger partial charge >= 0.3 is 0 Å². The topological polar surface area (TPSA) is 60.2 Å². The number of hydrogen-bond acceptors (Lipinski definition) is 4. The van der Waals surface area contributed by atoms with Crippen LogP contribution in [-0.2, 0) is 17.6 Å². The first kappa shape index (κ1) is 19.2. The third kappa shape index (κ3) is 3.63. The molecule has 29 heavy (non-hydrogen) atoms. The number of ether oxygens (including phenoxy) is 1. The fourth-order valence-corrected chi connectivity index (χ4v) is 3.62. The highest BCUT2D eigenvalue weighted by molar-refractivity contribution is 6.06. The third-order valence-corrected chi connectivity index (χ3v) is 5.02. The molecule has 0 unspecified atom stereocenters. The molecule has 3 aromatic rings. The van der Waals surface area contributed by atoms with Crippen LogP contribution in [0.25, 0.3) is 5.69 Å². The highest BCUT2D eigenvalue weighted by atomic mass is 19.2. The minimum atomic E-state index is -0.948. The van der Waals surface area contributed by atoms with E-state index in [1.54, 1.807) is 41.2 Å². The van der Waals surface area contributed by atoms with E-state index in [9.17, 15) is 13.6 Å². The molecule has 1 aliphatic rings. The number of hydrogen-bond donors (Lipinski definition) is 0. The largest absolute Gasteiger partial charge is 0.383 e. The maximum absolute atomic E-state index is 13.8. The molecule has 0 atom stereocenters. The highest BCUT2D eigenvalue weighted by Gasteiger charge is 2.30. The van der Waals surface area contributed by atoms with E-state index in [0.29, 0.717) is 36.6 Å². The van der Waals surface area contributed by atoms with Gasteiger partial charge < -0.3 is 9.64 Å². The maximum Gasteiger partial charge on any atom is 0.279 e. The summed E-state index contributed by atoms with van der Waals surface area (Å²) in [6, 6.07) is 7.13. The molecular formula is C21H20F2N4O2. The van der Waals surface area contributed by atoms with Crippen molar-refractivity contribution in [3.8, 4) is 5.69 Å². The van der Waals surface area contributed by atoms with Crippen LogP contribution < -0.4 is 4.90 Å². The number of pyridine rings is 1. The molecule has 4 rings (SSSR count). The Bertz CT molecular complexity index is 1040. The van der Waals surface area contributed by atoms with Crippen molar-refractivity contribution >= 4 is 11.6 Å². The van der Waals surface area contributed by atoms with E-state index >= 15 is 0 Å². The summed E-state index contributed by atoms with van der Waals surface area (Å²) >= 11 is 0. The molecule has 0 spiro atoms. The van der Waals surface area contributed by atoms with Gasteiger partial charge in [0.1, 0.15) is 0 Å². The number of benzene rings is 1. The third-order valence-electron chi connectivity index (χ3n) is 5.02. The molecule has 8 heteroatoms. The molecule has 0 aliphatic heterocycles. The zero-order valence-corrected chi connectivity index (χ0v) is 15.9. The van der Waals surface area contributed by atoms with Crippen LogP contribution in [0.1, 0.15) is 28.2 Å². The summed E-state index contributed by atoms with van der Waals surface area (Å²) in [7, 11) is 1.57. The van der Waals surface area contributed by atoms with Crippen molar-refractivity contribution < 1.29 is 18.3 Å². The van der Waals surface area contributed by atoms with Crippen molar-refractivity contribution in [2.75, 3.05) is 25.2 Å². The second-order valence-corrected chi connectivity index (χ2v) is 6.79. The summed E-state index contributed by atoms with van der Waals surface area (Å²) in [5, 5.41) is 4.51. The van der Waals surface area contributed by atoms with E-state index < -0.39 is 11.6 Å². The van der Waals surface area contributed by atoms with E-state index in [1.807, 2.05) is 0 Å². The Balaban J connectivity index is 1.76. The van der Waals surface area contributed by atoms with Gasteiger partial charge in [-0.25, -0.2) is 13.5 Å². The monoisotopic (exact) mass is 398 g/mol. The summed E-state index contributed by atoms with van der Waals surface area (Å²) in [6.07, 6.45) is 5.56. The molecule has 1 aromatic carbocycles. The molecule has 0 N–H and O–H groups in total. The Hall–Kier alpha value is -3.13. The van der Waals surface area contributed by atoms with Crippen molar-refractivity contribution in [1.29, 1.82) is 0 Å². The molecule has 150 valence electrons. The number of carbonyl (C=O) groups is 1. The van der Waals surface area contributed by atoms with Crippen molar-refractivity contribution in [3.05, 3.63) is 71.3 Å². The van der Waals surface area contributed by atoms with Gasteiger partial charge in [0.2, 0.25) is 0 Å². The lowest BCUT2D eigenvalue weighted by Gasteiger charge is -2.21. The summed E-state index contributed by atoms with van der Waals surface area (Å²) in [4.78, 5) is 19.0. The van der Waals surface area contributed by atoms with Gasteiger partial charge in [-0.1, -0.05) is 0 Å². The number of fused-ring (bicyclic) bond motifs is 1. The predicted octanol–water partition coefficient (Wildman–Crippen LogP) is 3.33. The van der Waals surface area contributed by atoms with E-state index in [1.165, 1.54) is 6.07 Å². The van der Waals surface area contributed by atoms with E-state index in [-0.39, 0.29) is 5.91 Å². The average molecular weight is 398 g/mol. The number of rotatable bonds is 6. The molecule has 1 amide bonds. The fourth-order valence-electron chi connectivity index (χ4n) is 3.62. The van der Waals surface area contributed by atoms with Crippen LogP contribution in [0.4, 0.5) is 14.5 Å². The second-order valence-electron chi connectivity index (χ2n) is 6.79. The van der Waals surface area contributed by atoms with Gasteiger partial charge in [0.25, 0.3) is 5.91 Å². The van der Waals surface area contributed by atoms with Gasteiger partial charge in [-0.3, -0.25) is 9.78 Å². The first-order valence-corrected chi connectivity index (χ1v) is 9.37. The molecule has 2 heterocycles. The average Bonchev–Trinajstić information content (AvgIpc) is 3.34. The van der Waals surface area contributed by atoms with Gasteiger partial charge in [-0.05, 0) is 43.5 Å². The van der Waals surface area contributed by atoms with Gasteiger partial charge in [0, 0.05) is 49.1 Å². The number of aromatic nitrogens is 3. The van der Waals surface area contributed by atoms with Crippen molar-refractivity contribution in [2.45, 2.75) is 19.3 Å². The molecule has 0 bridgehead atoms. The first-order chi connectivity index (χ1) is 14.1. The Kier molecular flexibility index (Phi) is 5.35.